The lowest BCUT2D eigenvalue weighted by atomic mass is 10.1. The summed E-state index contributed by atoms with van der Waals surface area (Å²) >= 11 is 6.14. The number of rotatable bonds is 2. The highest BCUT2D eigenvalue weighted by Gasteiger charge is 2.11. The Kier molecular flexibility index (Phi) is 3.28. The standard InChI is InChI=1S/C19H13ClN2O/c20-16-7-3-6-14-11-17(22-18(14)16)19(23)21-15-9-8-12-4-1-2-5-13(12)10-15/h1-11,22H,(H,21,23). The second kappa shape index (κ2) is 5.45. The molecule has 0 aliphatic rings. The summed E-state index contributed by atoms with van der Waals surface area (Å²) in [5.74, 6) is -0.187. The number of fused-ring (bicyclic) bond motifs is 2. The van der Waals surface area contributed by atoms with Gasteiger partial charge >= 0.3 is 0 Å². The van der Waals surface area contributed by atoms with E-state index >= 15 is 0 Å². The summed E-state index contributed by atoms with van der Waals surface area (Å²) in [6, 6.07) is 21.3. The number of hydrogen-bond acceptors (Lipinski definition) is 1. The highest BCUT2D eigenvalue weighted by atomic mass is 35.5. The molecule has 0 spiro atoms. The van der Waals surface area contributed by atoms with Gasteiger partial charge in [0.25, 0.3) is 5.91 Å². The molecule has 0 aliphatic heterocycles. The maximum Gasteiger partial charge on any atom is 0.272 e. The zero-order valence-corrected chi connectivity index (χ0v) is 12.9. The van der Waals surface area contributed by atoms with E-state index in [1.807, 2.05) is 54.6 Å². The van der Waals surface area contributed by atoms with Crippen LogP contribution in [0.4, 0.5) is 5.69 Å². The van der Waals surface area contributed by atoms with Crippen LogP contribution in [-0.2, 0) is 0 Å². The average Bonchev–Trinajstić information content (AvgIpc) is 3.01. The van der Waals surface area contributed by atoms with E-state index in [0.29, 0.717) is 10.7 Å². The minimum Gasteiger partial charge on any atom is -0.349 e. The molecule has 4 aromatic rings. The number of carbonyl (C=O) groups is 1. The van der Waals surface area contributed by atoms with Gasteiger partial charge < -0.3 is 10.3 Å². The molecule has 3 nitrogen and oxygen atoms in total. The van der Waals surface area contributed by atoms with Crippen molar-refractivity contribution < 1.29 is 4.79 Å². The lowest BCUT2D eigenvalue weighted by Crippen LogP contribution is -2.12. The van der Waals surface area contributed by atoms with Crippen LogP contribution in [0.1, 0.15) is 10.5 Å². The van der Waals surface area contributed by atoms with Gasteiger partial charge in [-0.25, -0.2) is 0 Å². The second-order valence-corrected chi connectivity index (χ2v) is 5.81. The largest absolute Gasteiger partial charge is 0.349 e. The molecular weight excluding hydrogens is 308 g/mol. The molecule has 2 N–H and O–H groups in total. The number of aromatic nitrogens is 1. The highest BCUT2D eigenvalue weighted by molar-refractivity contribution is 6.35. The second-order valence-electron chi connectivity index (χ2n) is 5.40. The van der Waals surface area contributed by atoms with Crippen LogP contribution in [0.2, 0.25) is 5.02 Å². The summed E-state index contributed by atoms with van der Waals surface area (Å²) in [4.78, 5) is 15.5. The molecule has 4 heteroatoms. The molecule has 1 amide bonds. The van der Waals surface area contributed by atoms with E-state index in [2.05, 4.69) is 10.3 Å². The molecule has 0 saturated heterocycles. The van der Waals surface area contributed by atoms with Crippen molar-refractivity contribution in [2.45, 2.75) is 0 Å². The molecule has 0 unspecified atom stereocenters. The molecule has 112 valence electrons. The molecule has 0 aliphatic carbocycles. The van der Waals surface area contributed by atoms with E-state index in [1.165, 1.54) is 0 Å². The van der Waals surface area contributed by atoms with Crippen LogP contribution in [0.15, 0.2) is 66.7 Å². The van der Waals surface area contributed by atoms with Crippen molar-refractivity contribution in [3.8, 4) is 0 Å². The molecule has 0 atom stereocenters. The van der Waals surface area contributed by atoms with Gasteiger partial charge in [-0.05, 0) is 35.0 Å². The first-order valence-corrected chi connectivity index (χ1v) is 7.66. The van der Waals surface area contributed by atoms with Crippen LogP contribution < -0.4 is 5.32 Å². The number of benzene rings is 3. The van der Waals surface area contributed by atoms with E-state index in [4.69, 9.17) is 11.6 Å². The molecule has 1 heterocycles. The smallest absolute Gasteiger partial charge is 0.272 e. The zero-order chi connectivity index (χ0) is 15.8. The fraction of sp³-hybridized carbons (Fsp3) is 0. The normalized spacial score (nSPS) is 11.0. The van der Waals surface area contributed by atoms with Gasteiger partial charge in [-0.1, -0.05) is 54.1 Å². The molecule has 4 rings (SSSR count). The molecule has 0 fully saturated rings. The quantitative estimate of drug-likeness (QED) is 0.522. The Morgan fingerprint density at radius 3 is 2.48 bits per heavy atom. The number of carbonyl (C=O) groups excluding carboxylic acids is 1. The number of halogens is 1. The van der Waals surface area contributed by atoms with Gasteiger partial charge in [0.2, 0.25) is 0 Å². The number of nitrogens with one attached hydrogen (secondary N) is 2. The monoisotopic (exact) mass is 320 g/mol. The van der Waals surface area contributed by atoms with Gasteiger partial charge in [0.05, 0.1) is 10.5 Å². The first-order valence-electron chi connectivity index (χ1n) is 7.28. The summed E-state index contributed by atoms with van der Waals surface area (Å²) in [6.45, 7) is 0. The third kappa shape index (κ3) is 2.56. The Labute approximate surface area is 137 Å². The van der Waals surface area contributed by atoms with E-state index in [1.54, 1.807) is 12.1 Å². The molecule has 3 aromatic carbocycles. The van der Waals surface area contributed by atoms with Crippen molar-refractivity contribution in [2.24, 2.45) is 0 Å². The molecule has 0 saturated carbocycles. The minimum absolute atomic E-state index is 0.187. The summed E-state index contributed by atoms with van der Waals surface area (Å²) in [7, 11) is 0. The first-order chi connectivity index (χ1) is 11.2. The van der Waals surface area contributed by atoms with E-state index < -0.39 is 0 Å². The maximum atomic E-state index is 12.4. The third-order valence-electron chi connectivity index (χ3n) is 3.86. The Hall–Kier alpha value is -2.78. The first kappa shape index (κ1) is 13.9. The van der Waals surface area contributed by atoms with Crippen LogP contribution in [0.5, 0.6) is 0 Å². The molecule has 23 heavy (non-hydrogen) atoms. The maximum absolute atomic E-state index is 12.4. The number of anilines is 1. The predicted octanol–water partition coefficient (Wildman–Crippen LogP) is 5.23. The fourth-order valence-corrected chi connectivity index (χ4v) is 2.94. The lowest BCUT2D eigenvalue weighted by molar-refractivity contribution is 0.102. The zero-order valence-electron chi connectivity index (χ0n) is 12.1. The van der Waals surface area contributed by atoms with Crippen molar-refractivity contribution >= 4 is 44.9 Å². The van der Waals surface area contributed by atoms with E-state index in [-0.39, 0.29) is 5.91 Å². The fourth-order valence-electron chi connectivity index (χ4n) is 2.71. The van der Waals surface area contributed by atoms with Crippen LogP contribution in [0.25, 0.3) is 21.7 Å². The number of hydrogen-bond donors (Lipinski definition) is 2. The van der Waals surface area contributed by atoms with Crippen LogP contribution in [0, 0.1) is 0 Å². The predicted molar refractivity (Wildman–Crippen MR) is 95.2 cm³/mol. The number of para-hydroxylation sites is 1. The van der Waals surface area contributed by atoms with Crippen LogP contribution >= 0.6 is 11.6 Å². The molecule has 0 radical (unpaired) electrons. The summed E-state index contributed by atoms with van der Waals surface area (Å²) in [6.07, 6.45) is 0. The summed E-state index contributed by atoms with van der Waals surface area (Å²) < 4.78 is 0. The number of H-pyrrole nitrogens is 1. The summed E-state index contributed by atoms with van der Waals surface area (Å²) in [5.41, 5.74) is 2.03. The van der Waals surface area contributed by atoms with Crippen LogP contribution in [-0.4, -0.2) is 10.9 Å². The lowest BCUT2D eigenvalue weighted by Gasteiger charge is -2.05. The van der Waals surface area contributed by atoms with Gasteiger partial charge in [0.1, 0.15) is 5.69 Å². The van der Waals surface area contributed by atoms with Gasteiger partial charge in [-0.15, -0.1) is 0 Å². The average molecular weight is 321 g/mol. The molecule has 1 aromatic heterocycles. The molecule has 0 bridgehead atoms. The Bertz CT molecular complexity index is 1040. The Morgan fingerprint density at radius 2 is 1.65 bits per heavy atom. The third-order valence-corrected chi connectivity index (χ3v) is 4.17. The van der Waals surface area contributed by atoms with E-state index in [0.717, 1.165) is 27.4 Å². The van der Waals surface area contributed by atoms with Gasteiger partial charge in [-0.3, -0.25) is 4.79 Å². The number of amides is 1. The van der Waals surface area contributed by atoms with Gasteiger partial charge in [-0.2, -0.15) is 0 Å². The highest BCUT2D eigenvalue weighted by Crippen LogP contribution is 2.24. The Morgan fingerprint density at radius 1 is 0.870 bits per heavy atom. The van der Waals surface area contributed by atoms with Crippen molar-refractivity contribution in [2.75, 3.05) is 5.32 Å². The van der Waals surface area contributed by atoms with Gasteiger partial charge in [0, 0.05) is 11.1 Å². The van der Waals surface area contributed by atoms with Crippen molar-refractivity contribution in [3.05, 3.63) is 77.4 Å². The topological polar surface area (TPSA) is 44.9 Å². The minimum atomic E-state index is -0.187. The van der Waals surface area contributed by atoms with Crippen molar-refractivity contribution in [1.29, 1.82) is 0 Å². The molecular formula is C19H13ClN2O. The van der Waals surface area contributed by atoms with Crippen molar-refractivity contribution in [1.82, 2.24) is 4.98 Å². The van der Waals surface area contributed by atoms with Gasteiger partial charge in [0.15, 0.2) is 0 Å². The Balaban J connectivity index is 1.66. The summed E-state index contributed by atoms with van der Waals surface area (Å²) in [5, 5.41) is 6.67. The number of aromatic amines is 1. The SMILES string of the molecule is O=C(Nc1ccc2ccccc2c1)c1cc2cccc(Cl)c2[nH]1. The van der Waals surface area contributed by atoms with Crippen molar-refractivity contribution in [3.63, 3.8) is 0 Å². The van der Waals surface area contributed by atoms with E-state index in [9.17, 15) is 4.79 Å². The van der Waals surface area contributed by atoms with Crippen LogP contribution in [0.3, 0.4) is 0 Å².